The lowest BCUT2D eigenvalue weighted by atomic mass is 9.76. The summed E-state index contributed by atoms with van der Waals surface area (Å²) in [5.41, 5.74) is 19.8. The van der Waals surface area contributed by atoms with Crippen LogP contribution in [-0.2, 0) is 67.0 Å². The van der Waals surface area contributed by atoms with Crippen LogP contribution in [0.15, 0.2) is 109 Å². The fourth-order valence-electron chi connectivity index (χ4n) is 16.5. The molecule has 119 heavy (non-hydrogen) atoms. The molecule has 2 spiro atoms. The van der Waals surface area contributed by atoms with Crippen molar-refractivity contribution < 1.29 is 28.8 Å². The van der Waals surface area contributed by atoms with Gasteiger partial charge in [0.1, 0.15) is 23.2 Å². The number of Topliss-reactive ketones (excluding diaryl/α,β-unsaturated/α-hetero) is 2. The Morgan fingerprint density at radius 2 is 1.41 bits per heavy atom. The van der Waals surface area contributed by atoms with Gasteiger partial charge in [0.2, 0.25) is 5.91 Å². The molecule has 7 N–H and O–H groups in total. The number of hydrogen-bond acceptors (Lipinski definition) is 24. The Balaban J connectivity index is 0.000000137. The second kappa shape index (κ2) is 39.1. The van der Waals surface area contributed by atoms with Crippen LogP contribution in [0.1, 0.15) is 152 Å². The molecule has 4 fully saturated rings. The molecule has 16 rings (SSSR count). The van der Waals surface area contributed by atoms with E-state index >= 15 is 0 Å². The third-order valence-corrected chi connectivity index (χ3v) is 24.9. The number of hydrogen-bond donors (Lipinski definition) is 6. The molecule has 5 amide bonds. The largest absolute Gasteiger partial charge is 0.378 e. The Hall–Kier alpha value is -11.3. The highest BCUT2D eigenvalue weighted by molar-refractivity contribution is 7.22. The number of para-hydroxylation sites is 1. The van der Waals surface area contributed by atoms with Crippen LogP contribution in [0.5, 0.6) is 0 Å². The van der Waals surface area contributed by atoms with Gasteiger partial charge in [0.25, 0.3) is 11.8 Å². The van der Waals surface area contributed by atoms with E-state index < -0.39 is 0 Å². The van der Waals surface area contributed by atoms with Crippen molar-refractivity contribution >= 4 is 118 Å². The molecule has 0 radical (unpaired) electrons. The maximum Gasteiger partial charge on any atom is 0.320 e. The molecule has 11 aromatic rings. The number of benzene rings is 3. The first-order chi connectivity index (χ1) is 57.1. The maximum atomic E-state index is 12.9. The standard InChI is InChI=1S/C20H29N3O2.C18H26N4O2.C17H19N5OS.C16H21N7O.C15H20N6S/c1-15(24)18-13-20(14-22(18)4)8-10-23(11-9-20)19(25)16-6-5-7-17(12-16)21(2)3;1-13(23)15-11-18(12-21(15)3)6-9-22(10-7-18)17(24)14-5-4-8-20-16(14)19-2;1-12(23)21-7-4-8-22-14(11-21)9-13(20-22)10-18-17-19-15-5-2-3-6-16(15)24-17;1-4-7-23-10-15(19-21-23)18-16(24)17-9-13-12-8-11(2)5-6-14(12)22(3)20-13;1-4-11-7-13(17-6-5-12-8-22-15(16)19-12)21-14(18-11)9(2)10(3)20-21/h5-7,12,18H,8-11,13-14H2,1-4H3;4-5,8,15H,6-7,9-12H2,1-3H3,(H,19,20);2-3,5-6,9H,4,7-8,10-11H2,1H3,(H,18,19);5-6,8,10H,4,7,9H2,1-3H3,(H2,17,18,24);7-8,17H,4-6H2,1-3H3,(H2,16,19). The van der Waals surface area contributed by atoms with Crippen molar-refractivity contribution in [3.63, 3.8) is 0 Å². The number of urea groups is 1. The molecule has 632 valence electrons. The lowest BCUT2D eigenvalue weighted by Crippen LogP contribution is -2.44. The number of thiazole rings is 2. The smallest absolute Gasteiger partial charge is 0.320 e. The van der Waals surface area contributed by atoms with Gasteiger partial charge in [-0.1, -0.05) is 60.2 Å². The second-order valence-electron chi connectivity index (χ2n) is 32.2. The number of piperidine rings is 2. The monoisotopic (exact) mass is 1660 g/mol. The Bertz CT molecular complexity index is 5340. The quantitative estimate of drug-likeness (QED) is 0.0438. The number of pyridine rings is 1. The summed E-state index contributed by atoms with van der Waals surface area (Å²) in [6.45, 7) is 25.1. The van der Waals surface area contributed by atoms with Gasteiger partial charge in [-0.25, -0.2) is 24.7 Å². The Morgan fingerprint density at radius 3 is 2.05 bits per heavy atom. The average Bonchev–Trinajstić information content (AvgIpc) is 1.69. The maximum absolute atomic E-state index is 12.9. The van der Waals surface area contributed by atoms with E-state index in [1.54, 1.807) is 62.3 Å². The van der Waals surface area contributed by atoms with Gasteiger partial charge in [-0.2, -0.15) is 19.8 Å². The van der Waals surface area contributed by atoms with Gasteiger partial charge < -0.3 is 46.6 Å². The van der Waals surface area contributed by atoms with Gasteiger partial charge in [0.05, 0.1) is 87.7 Å². The molecule has 2 unspecified atom stereocenters. The highest BCUT2D eigenvalue weighted by Gasteiger charge is 2.48. The molecule has 0 saturated carbocycles. The number of fused-ring (bicyclic) bond motifs is 4. The number of carbonyl (C=O) groups excluding carboxylic acids is 6. The molecule has 13 heterocycles. The molecular weight excluding hydrogens is 1540 g/mol. The first kappa shape index (κ1) is 87.0. The lowest BCUT2D eigenvalue weighted by molar-refractivity contribution is -0.129. The second-order valence-corrected chi connectivity index (χ2v) is 34.1. The van der Waals surface area contributed by atoms with Crippen LogP contribution in [0.4, 0.5) is 38.2 Å². The van der Waals surface area contributed by atoms with Gasteiger partial charge in [-0.3, -0.25) is 53.1 Å². The summed E-state index contributed by atoms with van der Waals surface area (Å²) in [6.07, 6.45) is 12.8. The molecule has 31 nitrogen and oxygen atoms in total. The van der Waals surface area contributed by atoms with Crippen molar-refractivity contribution in [1.29, 1.82) is 0 Å². The van der Waals surface area contributed by atoms with Crippen LogP contribution < -0.4 is 37.2 Å². The third-order valence-electron chi connectivity index (χ3n) is 23.2. The summed E-state index contributed by atoms with van der Waals surface area (Å²) in [5, 5.41) is 41.4. The zero-order valence-corrected chi connectivity index (χ0v) is 72.8. The van der Waals surface area contributed by atoms with Crippen LogP contribution >= 0.6 is 22.7 Å². The molecule has 0 bridgehead atoms. The lowest BCUT2D eigenvalue weighted by Gasteiger charge is -2.39. The van der Waals surface area contributed by atoms with Crippen LogP contribution in [0.2, 0.25) is 0 Å². The van der Waals surface area contributed by atoms with E-state index in [1.807, 2.05) is 149 Å². The zero-order chi connectivity index (χ0) is 84.8. The van der Waals surface area contributed by atoms with E-state index in [0.717, 1.165) is 219 Å². The van der Waals surface area contributed by atoms with Crippen LogP contribution in [-0.4, -0.2) is 224 Å². The number of nitrogen functional groups attached to an aromatic ring is 1. The van der Waals surface area contributed by atoms with Crippen LogP contribution in [0.25, 0.3) is 26.8 Å². The van der Waals surface area contributed by atoms with Crippen molar-refractivity contribution in [2.75, 3.05) is 119 Å². The number of ketones is 2. The number of carbonyl (C=O) groups is 6. The Labute approximate surface area is 703 Å². The van der Waals surface area contributed by atoms with E-state index in [2.05, 4.69) is 127 Å². The van der Waals surface area contributed by atoms with Crippen molar-refractivity contribution in [2.45, 2.75) is 164 Å². The summed E-state index contributed by atoms with van der Waals surface area (Å²) in [6, 6.07) is 29.6. The van der Waals surface area contributed by atoms with Gasteiger partial charge in [-0.05, 0) is 178 Å². The minimum Gasteiger partial charge on any atom is -0.378 e. The summed E-state index contributed by atoms with van der Waals surface area (Å²) < 4.78 is 8.61. The van der Waals surface area contributed by atoms with E-state index in [1.165, 1.54) is 16.0 Å². The average molecular weight is 1660 g/mol. The molecule has 3 aromatic carbocycles. The fourth-order valence-corrected chi connectivity index (χ4v) is 18.0. The SMILES string of the molecule is CC(=O)C1CC2(CCN(C(=O)c3cccc(N(C)C)c3)CC2)CN1C.CC(=O)N1CCCn2nc(CNc3nc4ccccc4s3)cc2C1.CCCn1cc(NC(=O)NCc2nn(C)c3ccc(C)cc23)nn1.CCc1cc(NCCc2csc(N)n2)n2nc(C)c(C)c2n1.CNc1ncccc1C(=O)N1CCC2(CC1)CC(C(C)=O)N(C)C2. The first-order valence-corrected chi connectivity index (χ1v) is 42.8. The molecule has 5 aliphatic heterocycles. The van der Waals surface area contributed by atoms with Crippen molar-refractivity contribution in [3.05, 3.63) is 165 Å². The third kappa shape index (κ3) is 21.6. The van der Waals surface area contributed by atoms with E-state index in [-0.39, 0.29) is 58.2 Å². The number of aryl methyl sites for hydroxylation is 7. The number of amides is 5. The number of nitrogens with zero attached hydrogens (tertiary/aromatic N) is 19. The van der Waals surface area contributed by atoms with Crippen LogP contribution in [0.3, 0.4) is 0 Å². The van der Waals surface area contributed by atoms with Gasteiger partial charge in [0, 0.05) is 153 Å². The Kier molecular flexibility index (Phi) is 28.6. The van der Waals surface area contributed by atoms with Crippen molar-refractivity contribution in [3.8, 4) is 0 Å². The number of likely N-dealkylation sites (tertiary alicyclic amines) is 4. The highest BCUT2D eigenvalue weighted by atomic mass is 32.1. The normalized spacial score (nSPS) is 16.8. The van der Waals surface area contributed by atoms with Gasteiger partial charge in [-0.15, -0.1) is 16.4 Å². The molecular formula is C86H115N25O6S2. The molecule has 4 saturated heterocycles. The van der Waals surface area contributed by atoms with Gasteiger partial charge in [0.15, 0.2) is 21.7 Å². The number of anilines is 6. The van der Waals surface area contributed by atoms with E-state index in [9.17, 15) is 28.8 Å². The summed E-state index contributed by atoms with van der Waals surface area (Å²) in [5.74, 6) is 2.83. The molecule has 0 aliphatic carbocycles. The predicted octanol–water partition coefficient (Wildman–Crippen LogP) is 11.6. The van der Waals surface area contributed by atoms with Crippen LogP contribution in [0, 0.1) is 31.6 Å². The predicted molar refractivity (Wildman–Crippen MR) is 470 cm³/mol. The van der Waals surface area contributed by atoms with Crippen molar-refractivity contribution in [1.82, 2.24) is 93.9 Å². The topological polar surface area (TPSA) is 343 Å². The molecule has 8 aromatic heterocycles. The number of rotatable bonds is 19. The fraction of sp³-hybridized carbons (Fsp3) is 0.477. The zero-order valence-electron chi connectivity index (χ0n) is 71.2. The number of nitrogens with one attached hydrogen (secondary N) is 5. The molecule has 33 heteroatoms. The summed E-state index contributed by atoms with van der Waals surface area (Å²) >= 11 is 3.13. The minimum absolute atomic E-state index is 0.0387. The summed E-state index contributed by atoms with van der Waals surface area (Å²) in [7, 11) is 11.7. The first-order valence-electron chi connectivity index (χ1n) is 41.1. The van der Waals surface area contributed by atoms with Gasteiger partial charge >= 0.3 is 6.03 Å². The number of aromatic nitrogens is 13. The molecule has 2 atom stereocenters. The summed E-state index contributed by atoms with van der Waals surface area (Å²) in [4.78, 5) is 103. The van der Waals surface area contributed by atoms with E-state index in [4.69, 9.17) is 5.73 Å². The molecule has 5 aliphatic rings. The number of likely N-dealkylation sites (N-methyl/N-ethyl adjacent to an activating group) is 2. The highest BCUT2D eigenvalue weighted by Crippen LogP contribution is 2.45. The number of nitrogens with two attached hydrogens (primary N) is 1. The Morgan fingerprint density at radius 1 is 0.706 bits per heavy atom. The van der Waals surface area contributed by atoms with Crippen molar-refractivity contribution in [2.24, 2.45) is 17.9 Å². The minimum atomic E-state index is -0.329. The van der Waals surface area contributed by atoms with E-state index in [0.29, 0.717) is 42.0 Å².